The summed E-state index contributed by atoms with van der Waals surface area (Å²) >= 11 is 0. The van der Waals surface area contributed by atoms with Gasteiger partial charge >= 0.3 is 5.97 Å². The van der Waals surface area contributed by atoms with Gasteiger partial charge in [0.25, 0.3) is 0 Å². The van der Waals surface area contributed by atoms with E-state index in [1.54, 1.807) is 18.2 Å². The number of carbonyl (C=O) groups is 1. The molecule has 3 heteroatoms. The number of ether oxygens (including phenoxy) is 1. The number of rotatable bonds is 19. The van der Waals surface area contributed by atoms with Crippen LogP contribution in [0.4, 0.5) is 0 Å². The molecule has 0 aromatic heterocycles. The van der Waals surface area contributed by atoms with Crippen molar-refractivity contribution in [3.8, 4) is 5.75 Å². The Kier molecular flexibility index (Phi) is 16.2. The molecule has 0 aliphatic heterocycles. The number of phenolic OH excluding ortho intramolecular Hbond substituents is 1. The zero-order chi connectivity index (χ0) is 21.9. The fourth-order valence-corrected chi connectivity index (χ4v) is 3.88. The number of esters is 1. The van der Waals surface area contributed by atoms with Crippen LogP contribution in [0.25, 0.3) is 0 Å². The van der Waals surface area contributed by atoms with Crippen LogP contribution in [-0.2, 0) is 9.53 Å². The Morgan fingerprint density at radius 1 is 0.800 bits per heavy atom. The molecule has 0 bridgehead atoms. The largest absolute Gasteiger partial charge is 0.508 e. The van der Waals surface area contributed by atoms with Crippen molar-refractivity contribution < 1.29 is 14.6 Å². The normalized spacial score (nSPS) is 12.1. The van der Waals surface area contributed by atoms with E-state index in [2.05, 4.69) is 6.92 Å². The van der Waals surface area contributed by atoms with Gasteiger partial charge in [0, 0.05) is 0 Å². The molecule has 0 radical (unpaired) electrons. The second kappa shape index (κ2) is 18.3. The summed E-state index contributed by atoms with van der Waals surface area (Å²) in [5, 5.41) is 9.52. The fourth-order valence-electron chi connectivity index (χ4n) is 3.88. The lowest BCUT2D eigenvalue weighted by Gasteiger charge is -2.12. The summed E-state index contributed by atoms with van der Waals surface area (Å²) in [6, 6.07) is 6.84. The maximum absolute atomic E-state index is 12.1. The third-order valence-electron chi connectivity index (χ3n) is 5.97. The van der Waals surface area contributed by atoms with Gasteiger partial charge in [-0.1, -0.05) is 115 Å². The number of carbonyl (C=O) groups excluding carboxylic acids is 1. The highest BCUT2D eigenvalue weighted by molar-refractivity contribution is 5.77. The van der Waals surface area contributed by atoms with Crippen LogP contribution in [0.3, 0.4) is 0 Å². The third kappa shape index (κ3) is 13.7. The van der Waals surface area contributed by atoms with E-state index in [4.69, 9.17) is 4.74 Å². The standard InChI is InChI=1S/C27H46O3/c1-3-4-5-6-7-8-9-10-11-12-13-14-15-16-17-18-22-30-27(29)24(2)25-20-19-21-26(28)23-25/h19-21,23-24,28H,3-18,22H2,1-2H3. The topological polar surface area (TPSA) is 46.5 Å². The SMILES string of the molecule is CCCCCCCCCCCCCCCCCCOC(=O)C(C)c1cccc(O)c1. The number of phenols is 1. The van der Waals surface area contributed by atoms with Crippen molar-refractivity contribution in [3.63, 3.8) is 0 Å². The first-order valence-electron chi connectivity index (χ1n) is 12.6. The van der Waals surface area contributed by atoms with E-state index >= 15 is 0 Å². The lowest BCUT2D eigenvalue weighted by atomic mass is 10.0. The minimum absolute atomic E-state index is 0.185. The van der Waals surface area contributed by atoms with Crippen LogP contribution in [0.1, 0.15) is 128 Å². The van der Waals surface area contributed by atoms with E-state index in [0.29, 0.717) is 6.61 Å². The van der Waals surface area contributed by atoms with E-state index in [9.17, 15) is 9.90 Å². The van der Waals surface area contributed by atoms with Gasteiger partial charge < -0.3 is 9.84 Å². The Bertz CT molecular complexity index is 541. The van der Waals surface area contributed by atoms with Gasteiger partial charge in [0.05, 0.1) is 12.5 Å². The summed E-state index contributed by atoms with van der Waals surface area (Å²) < 4.78 is 5.40. The van der Waals surface area contributed by atoms with Crippen LogP contribution < -0.4 is 0 Å². The number of hydrogen-bond acceptors (Lipinski definition) is 3. The number of unbranched alkanes of at least 4 members (excludes halogenated alkanes) is 15. The van der Waals surface area contributed by atoms with Crippen molar-refractivity contribution in [2.75, 3.05) is 6.61 Å². The van der Waals surface area contributed by atoms with Crippen molar-refractivity contribution in [3.05, 3.63) is 29.8 Å². The van der Waals surface area contributed by atoms with Crippen LogP contribution >= 0.6 is 0 Å². The first kappa shape index (κ1) is 26.5. The van der Waals surface area contributed by atoms with E-state index in [-0.39, 0.29) is 17.6 Å². The average Bonchev–Trinajstić information content (AvgIpc) is 2.75. The third-order valence-corrected chi connectivity index (χ3v) is 5.97. The monoisotopic (exact) mass is 418 g/mol. The van der Waals surface area contributed by atoms with Gasteiger partial charge in [-0.25, -0.2) is 0 Å². The summed E-state index contributed by atoms with van der Waals surface area (Å²) in [6.07, 6.45) is 21.4. The Hall–Kier alpha value is -1.51. The zero-order valence-corrected chi connectivity index (χ0v) is 19.7. The molecule has 1 unspecified atom stereocenters. The van der Waals surface area contributed by atoms with Gasteiger partial charge in [0.2, 0.25) is 0 Å². The van der Waals surface area contributed by atoms with Gasteiger partial charge in [-0.15, -0.1) is 0 Å². The molecule has 0 fully saturated rings. The van der Waals surface area contributed by atoms with Crippen LogP contribution in [0.2, 0.25) is 0 Å². The van der Waals surface area contributed by atoms with Crippen molar-refractivity contribution >= 4 is 5.97 Å². The fraction of sp³-hybridized carbons (Fsp3) is 0.741. The highest BCUT2D eigenvalue weighted by Crippen LogP contribution is 2.21. The lowest BCUT2D eigenvalue weighted by molar-refractivity contribution is -0.145. The molecule has 1 aromatic rings. The summed E-state index contributed by atoms with van der Waals surface area (Å²) in [5.74, 6) is -0.357. The molecule has 0 aliphatic carbocycles. The molecule has 172 valence electrons. The molecular formula is C27H46O3. The first-order chi connectivity index (χ1) is 14.6. The van der Waals surface area contributed by atoms with Crippen molar-refractivity contribution in [1.82, 2.24) is 0 Å². The molecule has 0 heterocycles. The predicted molar refractivity (Wildman–Crippen MR) is 127 cm³/mol. The van der Waals surface area contributed by atoms with Crippen molar-refractivity contribution in [2.45, 2.75) is 122 Å². The predicted octanol–water partition coefficient (Wildman–Crippen LogP) is 8.30. The molecule has 0 spiro atoms. The lowest BCUT2D eigenvalue weighted by Crippen LogP contribution is -2.13. The van der Waals surface area contributed by atoms with Crippen LogP contribution in [0.5, 0.6) is 5.75 Å². The summed E-state index contributed by atoms with van der Waals surface area (Å²) in [7, 11) is 0. The molecule has 0 aliphatic rings. The highest BCUT2D eigenvalue weighted by atomic mass is 16.5. The van der Waals surface area contributed by atoms with Crippen LogP contribution in [0, 0.1) is 0 Å². The van der Waals surface area contributed by atoms with E-state index in [1.807, 2.05) is 13.0 Å². The van der Waals surface area contributed by atoms with E-state index < -0.39 is 0 Å². The van der Waals surface area contributed by atoms with Gasteiger partial charge in [-0.3, -0.25) is 4.79 Å². The molecule has 0 saturated carbocycles. The average molecular weight is 419 g/mol. The Morgan fingerprint density at radius 3 is 1.73 bits per heavy atom. The van der Waals surface area contributed by atoms with Crippen LogP contribution in [-0.4, -0.2) is 17.7 Å². The minimum Gasteiger partial charge on any atom is -0.508 e. The molecule has 1 aromatic carbocycles. The first-order valence-corrected chi connectivity index (χ1v) is 12.6. The molecule has 1 atom stereocenters. The summed E-state index contributed by atoms with van der Waals surface area (Å²) in [5.41, 5.74) is 0.798. The summed E-state index contributed by atoms with van der Waals surface area (Å²) in [4.78, 5) is 12.1. The number of benzene rings is 1. The number of aromatic hydroxyl groups is 1. The van der Waals surface area contributed by atoms with Gasteiger partial charge in [0.1, 0.15) is 5.75 Å². The molecule has 0 saturated heterocycles. The smallest absolute Gasteiger partial charge is 0.313 e. The maximum Gasteiger partial charge on any atom is 0.313 e. The van der Waals surface area contributed by atoms with Gasteiger partial charge in [-0.2, -0.15) is 0 Å². The quantitative estimate of drug-likeness (QED) is 0.181. The minimum atomic E-state index is -0.335. The van der Waals surface area contributed by atoms with Gasteiger partial charge in [0.15, 0.2) is 0 Å². The zero-order valence-electron chi connectivity index (χ0n) is 19.7. The highest BCUT2D eigenvalue weighted by Gasteiger charge is 2.16. The van der Waals surface area contributed by atoms with Crippen molar-refractivity contribution in [2.24, 2.45) is 0 Å². The molecule has 3 nitrogen and oxygen atoms in total. The number of hydrogen-bond donors (Lipinski definition) is 1. The molecule has 30 heavy (non-hydrogen) atoms. The molecular weight excluding hydrogens is 372 g/mol. The molecule has 1 rings (SSSR count). The summed E-state index contributed by atoms with van der Waals surface area (Å²) in [6.45, 7) is 4.60. The van der Waals surface area contributed by atoms with Crippen molar-refractivity contribution in [1.29, 1.82) is 0 Å². The molecule has 1 N–H and O–H groups in total. The van der Waals surface area contributed by atoms with E-state index in [0.717, 1.165) is 18.4 Å². The second-order valence-corrected chi connectivity index (χ2v) is 8.79. The Labute approximate surface area is 185 Å². The van der Waals surface area contributed by atoms with Gasteiger partial charge in [-0.05, 0) is 31.0 Å². The Morgan fingerprint density at radius 2 is 1.27 bits per heavy atom. The van der Waals surface area contributed by atoms with E-state index in [1.165, 1.54) is 89.9 Å². The second-order valence-electron chi connectivity index (χ2n) is 8.79. The molecule has 0 amide bonds. The van der Waals surface area contributed by atoms with Crippen LogP contribution in [0.15, 0.2) is 24.3 Å². The maximum atomic E-state index is 12.1. The Balaban J connectivity index is 1.85.